The lowest BCUT2D eigenvalue weighted by atomic mass is 10.0. The molecule has 3 nitrogen and oxygen atoms in total. The van der Waals surface area contributed by atoms with E-state index >= 15 is 0 Å². The van der Waals surface area contributed by atoms with Crippen LogP contribution in [0.4, 0.5) is 0 Å². The highest BCUT2D eigenvalue weighted by atomic mass is 35.5. The van der Waals surface area contributed by atoms with Gasteiger partial charge in [-0.15, -0.1) is 0 Å². The monoisotopic (exact) mass is 252 g/mol. The first-order chi connectivity index (χ1) is 8.06. The smallest absolute Gasteiger partial charge is 0.355 e. The van der Waals surface area contributed by atoms with Gasteiger partial charge in [-0.25, -0.2) is 4.79 Å². The van der Waals surface area contributed by atoms with E-state index in [-0.39, 0.29) is 10.8 Å². The Morgan fingerprint density at radius 2 is 2.12 bits per heavy atom. The van der Waals surface area contributed by atoms with Crippen LogP contribution in [0.25, 0.3) is 11.0 Å². The molecule has 0 unspecified atom stereocenters. The van der Waals surface area contributed by atoms with Gasteiger partial charge in [0.2, 0.25) is 0 Å². The van der Waals surface area contributed by atoms with Crippen LogP contribution in [0.3, 0.4) is 0 Å². The van der Waals surface area contributed by atoms with Crippen molar-refractivity contribution in [1.29, 1.82) is 0 Å². The largest absolute Gasteiger partial charge is 0.508 e. The van der Waals surface area contributed by atoms with Crippen LogP contribution in [-0.2, 0) is 6.42 Å². The van der Waals surface area contributed by atoms with Gasteiger partial charge < -0.3 is 9.52 Å². The standard InChI is InChI=1S/C13H13ClO3/c1-3-4-9-10(15)6-5-8-7(2)11(14)13(16)17-12(8)9/h5-6,15H,3-4H2,1-2H3. The van der Waals surface area contributed by atoms with E-state index in [1.54, 1.807) is 19.1 Å². The molecule has 0 amide bonds. The number of benzene rings is 1. The second kappa shape index (κ2) is 4.41. The van der Waals surface area contributed by atoms with Gasteiger partial charge in [0.1, 0.15) is 16.4 Å². The summed E-state index contributed by atoms with van der Waals surface area (Å²) in [7, 11) is 0. The minimum atomic E-state index is -0.556. The Morgan fingerprint density at radius 1 is 1.41 bits per heavy atom. The molecule has 0 saturated heterocycles. The molecule has 0 bridgehead atoms. The number of fused-ring (bicyclic) bond motifs is 1. The Labute approximate surface area is 104 Å². The van der Waals surface area contributed by atoms with Crippen molar-refractivity contribution < 1.29 is 9.52 Å². The van der Waals surface area contributed by atoms with Gasteiger partial charge in [-0.2, -0.15) is 0 Å². The molecule has 2 aromatic rings. The summed E-state index contributed by atoms with van der Waals surface area (Å²) in [5, 5.41) is 10.7. The lowest BCUT2D eigenvalue weighted by molar-refractivity contribution is 0.464. The molecule has 17 heavy (non-hydrogen) atoms. The second-order valence-corrected chi connectivity index (χ2v) is 4.40. The number of rotatable bonds is 2. The topological polar surface area (TPSA) is 50.4 Å². The molecular weight excluding hydrogens is 240 g/mol. The van der Waals surface area contributed by atoms with Gasteiger partial charge in [-0.1, -0.05) is 24.9 Å². The van der Waals surface area contributed by atoms with Gasteiger partial charge in [0, 0.05) is 10.9 Å². The molecule has 0 spiro atoms. The van der Waals surface area contributed by atoms with E-state index in [1.807, 2.05) is 6.92 Å². The van der Waals surface area contributed by atoms with Crippen LogP contribution in [0, 0.1) is 6.92 Å². The highest BCUT2D eigenvalue weighted by Crippen LogP contribution is 2.31. The maximum absolute atomic E-state index is 11.5. The molecule has 0 radical (unpaired) electrons. The maximum Gasteiger partial charge on any atom is 0.355 e. The van der Waals surface area contributed by atoms with E-state index in [1.165, 1.54) is 0 Å². The van der Waals surface area contributed by atoms with Crippen molar-refractivity contribution in [2.24, 2.45) is 0 Å². The number of phenols is 1. The van der Waals surface area contributed by atoms with Gasteiger partial charge in [0.25, 0.3) is 0 Å². The third kappa shape index (κ3) is 1.91. The number of aromatic hydroxyl groups is 1. The molecule has 4 heteroatoms. The van der Waals surface area contributed by atoms with Crippen LogP contribution >= 0.6 is 11.6 Å². The summed E-state index contributed by atoms with van der Waals surface area (Å²) >= 11 is 5.86. The molecule has 0 atom stereocenters. The second-order valence-electron chi connectivity index (χ2n) is 4.02. The zero-order valence-electron chi connectivity index (χ0n) is 9.71. The van der Waals surface area contributed by atoms with E-state index in [9.17, 15) is 9.90 Å². The van der Waals surface area contributed by atoms with Gasteiger partial charge in [-0.3, -0.25) is 0 Å². The first-order valence-electron chi connectivity index (χ1n) is 5.50. The molecule has 0 aliphatic carbocycles. The van der Waals surface area contributed by atoms with Crippen LogP contribution in [0.5, 0.6) is 5.75 Å². The van der Waals surface area contributed by atoms with Crippen LogP contribution in [-0.4, -0.2) is 5.11 Å². The predicted molar refractivity (Wildman–Crippen MR) is 67.9 cm³/mol. The molecule has 1 N–H and O–H groups in total. The number of halogens is 1. The molecule has 1 aromatic heterocycles. The Balaban J connectivity index is 2.90. The molecule has 0 aliphatic heterocycles. The minimum absolute atomic E-state index is 0.102. The van der Waals surface area contributed by atoms with Crippen LogP contribution in [0.2, 0.25) is 5.02 Å². The molecule has 90 valence electrons. The van der Waals surface area contributed by atoms with Crippen molar-refractivity contribution >= 4 is 22.6 Å². The molecule has 1 aromatic carbocycles. The fourth-order valence-corrected chi connectivity index (χ4v) is 2.07. The molecule has 0 aliphatic rings. The van der Waals surface area contributed by atoms with Crippen molar-refractivity contribution in [2.45, 2.75) is 26.7 Å². The van der Waals surface area contributed by atoms with Crippen LogP contribution in [0.1, 0.15) is 24.5 Å². The van der Waals surface area contributed by atoms with E-state index in [0.29, 0.717) is 23.1 Å². The average Bonchev–Trinajstić information content (AvgIpc) is 2.30. The first-order valence-corrected chi connectivity index (χ1v) is 5.87. The minimum Gasteiger partial charge on any atom is -0.508 e. The quantitative estimate of drug-likeness (QED) is 0.834. The summed E-state index contributed by atoms with van der Waals surface area (Å²) in [5.74, 6) is 0.157. The Kier molecular flexibility index (Phi) is 3.11. The van der Waals surface area contributed by atoms with Crippen LogP contribution < -0.4 is 5.63 Å². The molecule has 0 saturated carbocycles. The van der Waals surface area contributed by atoms with Crippen molar-refractivity contribution in [3.63, 3.8) is 0 Å². The molecule has 1 heterocycles. The third-order valence-corrected chi connectivity index (χ3v) is 3.28. The number of hydrogen-bond acceptors (Lipinski definition) is 3. The first kappa shape index (κ1) is 12.0. The van der Waals surface area contributed by atoms with E-state index in [0.717, 1.165) is 11.8 Å². The molecule has 0 fully saturated rings. The summed E-state index contributed by atoms with van der Waals surface area (Å²) in [6.45, 7) is 3.77. The van der Waals surface area contributed by atoms with Crippen molar-refractivity contribution in [2.75, 3.05) is 0 Å². The number of phenolic OH excluding ortho intramolecular Hbond substituents is 1. The van der Waals surface area contributed by atoms with Crippen molar-refractivity contribution in [3.8, 4) is 5.75 Å². The highest BCUT2D eigenvalue weighted by Gasteiger charge is 2.14. The average molecular weight is 253 g/mol. The van der Waals surface area contributed by atoms with Crippen LogP contribution in [0.15, 0.2) is 21.3 Å². The zero-order valence-corrected chi connectivity index (χ0v) is 10.5. The Morgan fingerprint density at radius 3 is 2.76 bits per heavy atom. The Hall–Kier alpha value is -1.48. The lowest BCUT2D eigenvalue weighted by Crippen LogP contribution is -2.03. The highest BCUT2D eigenvalue weighted by molar-refractivity contribution is 6.31. The summed E-state index contributed by atoms with van der Waals surface area (Å²) in [6.07, 6.45) is 1.52. The maximum atomic E-state index is 11.5. The van der Waals surface area contributed by atoms with Crippen molar-refractivity contribution in [3.05, 3.63) is 38.7 Å². The Bertz CT molecular complexity index is 629. The predicted octanol–water partition coefficient (Wildman–Crippen LogP) is 3.41. The summed E-state index contributed by atoms with van der Waals surface area (Å²) in [4.78, 5) is 11.5. The third-order valence-electron chi connectivity index (χ3n) is 2.84. The zero-order chi connectivity index (χ0) is 12.6. The molecule has 2 rings (SSSR count). The fraction of sp³-hybridized carbons (Fsp3) is 0.308. The number of hydrogen-bond donors (Lipinski definition) is 1. The number of aryl methyl sites for hydroxylation is 2. The van der Waals surface area contributed by atoms with Gasteiger partial charge in [-0.05, 0) is 31.0 Å². The van der Waals surface area contributed by atoms with E-state index in [2.05, 4.69) is 0 Å². The van der Waals surface area contributed by atoms with Gasteiger partial charge >= 0.3 is 5.63 Å². The van der Waals surface area contributed by atoms with Gasteiger partial charge in [0.05, 0.1) is 0 Å². The van der Waals surface area contributed by atoms with E-state index < -0.39 is 5.63 Å². The van der Waals surface area contributed by atoms with Crippen molar-refractivity contribution in [1.82, 2.24) is 0 Å². The normalized spacial score (nSPS) is 11.0. The SMILES string of the molecule is CCCc1c(O)ccc2c(C)c(Cl)c(=O)oc12. The van der Waals surface area contributed by atoms with E-state index in [4.69, 9.17) is 16.0 Å². The summed E-state index contributed by atoms with van der Waals surface area (Å²) < 4.78 is 5.19. The lowest BCUT2D eigenvalue weighted by Gasteiger charge is -2.09. The summed E-state index contributed by atoms with van der Waals surface area (Å²) in [6, 6.07) is 3.32. The van der Waals surface area contributed by atoms with Gasteiger partial charge in [0.15, 0.2) is 0 Å². The fourth-order valence-electron chi connectivity index (χ4n) is 1.93. The molecular formula is C13H13ClO3. The summed E-state index contributed by atoms with van der Waals surface area (Å²) in [5.41, 5.74) is 1.25.